The lowest BCUT2D eigenvalue weighted by Crippen LogP contribution is -2.24. The molecule has 0 radical (unpaired) electrons. The van der Waals surface area contributed by atoms with Crippen molar-refractivity contribution in [3.8, 4) is 0 Å². The Morgan fingerprint density at radius 1 is 1.50 bits per heavy atom. The smallest absolute Gasteiger partial charge is 0.224 e. The first-order valence-corrected chi connectivity index (χ1v) is 6.15. The van der Waals surface area contributed by atoms with Crippen LogP contribution in [0, 0.1) is 6.92 Å². The van der Waals surface area contributed by atoms with Crippen LogP contribution in [0.25, 0.3) is 0 Å². The number of nitrogens with zero attached hydrogens (tertiary/aromatic N) is 2. The van der Waals surface area contributed by atoms with E-state index in [1.807, 2.05) is 19.9 Å². The maximum atomic E-state index is 10.8. The van der Waals surface area contributed by atoms with Gasteiger partial charge < -0.3 is 16.4 Å². The summed E-state index contributed by atoms with van der Waals surface area (Å²) in [6.45, 7) is 6.71. The van der Waals surface area contributed by atoms with Gasteiger partial charge in [0.05, 0.1) is 0 Å². The number of hydrogen-bond donors (Lipinski definition) is 3. The quantitative estimate of drug-likeness (QED) is 0.679. The molecule has 1 unspecified atom stereocenters. The highest BCUT2D eigenvalue weighted by molar-refractivity contribution is 5.74. The molecule has 1 rings (SSSR count). The van der Waals surface area contributed by atoms with Crippen LogP contribution in [0.4, 0.5) is 11.8 Å². The van der Waals surface area contributed by atoms with E-state index >= 15 is 0 Å². The molecular weight excluding hydrogens is 230 g/mol. The largest absolute Gasteiger partial charge is 0.370 e. The van der Waals surface area contributed by atoms with Crippen molar-refractivity contribution in [3.63, 3.8) is 0 Å². The van der Waals surface area contributed by atoms with Crippen LogP contribution in [0.3, 0.4) is 0 Å². The van der Waals surface area contributed by atoms with E-state index in [4.69, 9.17) is 5.73 Å². The number of aromatic nitrogens is 2. The lowest BCUT2D eigenvalue weighted by molar-refractivity contribution is -0.118. The van der Waals surface area contributed by atoms with Gasteiger partial charge in [-0.2, -0.15) is 4.98 Å². The van der Waals surface area contributed by atoms with Crippen LogP contribution in [0.1, 0.15) is 32.4 Å². The third-order valence-corrected chi connectivity index (χ3v) is 2.29. The first-order chi connectivity index (χ1) is 8.51. The van der Waals surface area contributed by atoms with E-state index in [1.54, 1.807) is 0 Å². The summed E-state index contributed by atoms with van der Waals surface area (Å²) in [6.07, 6.45) is 1.29. The fourth-order valence-corrected chi connectivity index (χ4v) is 1.56. The predicted octanol–water partition coefficient (Wildman–Crippen LogP) is 1.28. The normalized spacial score (nSPS) is 11.9. The van der Waals surface area contributed by atoms with Gasteiger partial charge in [0.2, 0.25) is 11.9 Å². The summed E-state index contributed by atoms with van der Waals surface area (Å²) in [4.78, 5) is 19.4. The van der Waals surface area contributed by atoms with Crippen molar-refractivity contribution in [2.45, 2.75) is 39.7 Å². The standard InChI is InChI=1S/C12H21N5O/c1-4-5-14-12-16-9(3)7-11(17-12)15-8(2)6-10(13)18/h7-8H,4-6H2,1-3H3,(H2,13,18)(H2,14,15,16,17). The molecule has 1 amide bonds. The third-order valence-electron chi connectivity index (χ3n) is 2.29. The van der Waals surface area contributed by atoms with Gasteiger partial charge in [-0.25, -0.2) is 4.98 Å². The van der Waals surface area contributed by atoms with Crippen LogP contribution < -0.4 is 16.4 Å². The summed E-state index contributed by atoms with van der Waals surface area (Å²) < 4.78 is 0. The number of primary amides is 1. The highest BCUT2D eigenvalue weighted by Gasteiger charge is 2.08. The van der Waals surface area contributed by atoms with Gasteiger partial charge in [0, 0.05) is 30.8 Å². The van der Waals surface area contributed by atoms with Crippen LogP contribution in [-0.2, 0) is 4.79 Å². The van der Waals surface area contributed by atoms with E-state index in [2.05, 4.69) is 27.5 Å². The minimum Gasteiger partial charge on any atom is -0.370 e. The lowest BCUT2D eigenvalue weighted by Gasteiger charge is -2.14. The molecule has 1 aromatic heterocycles. The Morgan fingerprint density at radius 3 is 2.83 bits per heavy atom. The number of nitrogens with one attached hydrogen (secondary N) is 2. The van der Waals surface area contributed by atoms with Gasteiger partial charge in [-0.3, -0.25) is 4.79 Å². The zero-order valence-electron chi connectivity index (χ0n) is 11.2. The summed E-state index contributed by atoms with van der Waals surface area (Å²) in [7, 11) is 0. The highest BCUT2D eigenvalue weighted by Crippen LogP contribution is 2.11. The molecule has 100 valence electrons. The van der Waals surface area contributed by atoms with E-state index in [9.17, 15) is 4.79 Å². The molecule has 0 fully saturated rings. The van der Waals surface area contributed by atoms with Crippen LogP contribution in [0.15, 0.2) is 6.07 Å². The van der Waals surface area contributed by atoms with Crippen molar-refractivity contribution < 1.29 is 4.79 Å². The average Bonchev–Trinajstić information content (AvgIpc) is 2.24. The number of nitrogens with two attached hydrogens (primary N) is 1. The molecule has 0 aromatic carbocycles. The van der Waals surface area contributed by atoms with Crippen LogP contribution in [-0.4, -0.2) is 28.5 Å². The first kappa shape index (κ1) is 14.2. The van der Waals surface area contributed by atoms with Crippen molar-refractivity contribution >= 4 is 17.7 Å². The zero-order valence-corrected chi connectivity index (χ0v) is 11.2. The van der Waals surface area contributed by atoms with E-state index in [0.717, 1.165) is 18.7 Å². The molecule has 0 aliphatic carbocycles. The molecule has 0 spiro atoms. The molecule has 1 aromatic rings. The third kappa shape index (κ3) is 4.99. The van der Waals surface area contributed by atoms with Gasteiger partial charge in [-0.15, -0.1) is 0 Å². The molecule has 0 saturated carbocycles. The molecule has 6 nitrogen and oxygen atoms in total. The SMILES string of the molecule is CCCNc1nc(C)cc(NC(C)CC(N)=O)n1. The van der Waals surface area contributed by atoms with Crippen LogP contribution in [0.2, 0.25) is 0 Å². The number of anilines is 2. The van der Waals surface area contributed by atoms with Gasteiger partial charge in [-0.1, -0.05) is 6.92 Å². The average molecular weight is 251 g/mol. The van der Waals surface area contributed by atoms with Crippen molar-refractivity contribution in [3.05, 3.63) is 11.8 Å². The number of amides is 1. The second-order valence-corrected chi connectivity index (χ2v) is 4.36. The van der Waals surface area contributed by atoms with Crippen molar-refractivity contribution in [2.24, 2.45) is 5.73 Å². The lowest BCUT2D eigenvalue weighted by atomic mass is 10.2. The molecule has 0 bridgehead atoms. The highest BCUT2D eigenvalue weighted by atomic mass is 16.1. The topological polar surface area (TPSA) is 92.9 Å². The van der Waals surface area contributed by atoms with Gasteiger partial charge >= 0.3 is 0 Å². The Hall–Kier alpha value is -1.85. The fourth-order valence-electron chi connectivity index (χ4n) is 1.56. The monoisotopic (exact) mass is 251 g/mol. The molecule has 0 aliphatic heterocycles. The molecule has 4 N–H and O–H groups in total. The number of hydrogen-bond acceptors (Lipinski definition) is 5. The minimum atomic E-state index is -0.329. The molecule has 0 aliphatic rings. The second-order valence-electron chi connectivity index (χ2n) is 4.36. The second kappa shape index (κ2) is 6.78. The Balaban J connectivity index is 2.69. The molecular formula is C12H21N5O. The van der Waals surface area contributed by atoms with E-state index < -0.39 is 0 Å². The maximum absolute atomic E-state index is 10.8. The zero-order chi connectivity index (χ0) is 13.5. The van der Waals surface area contributed by atoms with Gasteiger partial charge in [0.15, 0.2) is 0 Å². The molecule has 1 heterocycles. The first-order valence-electron chi connectivity index (χ1n) is 6.15. The summed E-state index contributed by atoms with van der Waals surface area (Å²) in [5, 5.41) is 6.27. The van der Waals surface area contributed by atoms with Crippen molar-refractivity contribution in [2.75, 3.05) is 17.2 Å². The number of aryl methyl sites for hydroxylation is 1. The number of rotatable bonds is 7. The predicted molar refractivity (Wildman–Crippen MR) is 72.4 cm³/mol. The Kier molecular flexibility index (Phi) is 5.35. The van der Waals surface area contributed by atoms with Gasteiger partial charge in [0.1, 0.15) is 5.82 Å². The molecule has 6 heteroatoms. The maximum Gasteiger partial charge on any atom is 0.224 e. The van der Waals surface area contributed by atoms with Crippen LogP contribution >= 0.6 is 0 Å². The Bertz CT molecular complexity index is 407. The molecule has 1 atom stereocenters. The van der Waals surface area contributed by atoms with E-state index in [1.165, 1.54) is 0 Å². The van der Waals surface area contributed by atoms with Crippen molar-refractivity contribution in [1.82, 2.24) is 9.97 Å². The molecule has 18 heavy (non-hydrogen) atoms. The summed E-state index contributed by atoms with van der Waals surface area (Å²) >= 11 is 0. The summed E-state index contributed by atoms with van der Waals surface area (Å²) in [5.74, 6) is 0.977. The summed E-state index contributed by atoms with van der Waals surface area (Å²) in [6, 6.07) is 1.80. The summed E-state index contributed by atoms with van der Waals surface area (Å²) in [5.41, 5.74) is 6.02. The van der Waals surface area contributed by atoms with E-state index in [0.29, 0.717) is 11.8 Å². The van der Waals surface area contributed by atoms with Gasteiger partial charge in [0.25, 0.3) is 0 Å². The van der Waals surface area contributed by atoms with E-state index in [-0.39, 0.29) is 18.4 Å². The Morgan fingerprint density at radius 2 is 2.22 bits per heavy atom. The van der Waals surface area contributed by atoms with Crippen LogP contribution in [0.5, 0.6) is 0 Å². The molecule has 0 saturated heterocycles. The fraction of sp³-hybridized carbons (Fsp3) is 0.583. The number of carbonyl (C=O) groups excluding carboxylic acids is 1. The van der Waals surface area contributed by atoms with Crippen molar-refractivity contribution in [1.29, 1.82) is 0 Å². The Labute approximate surface area is 107 Å². The van der Waals surface area contributed by atoms with Gasteiger partial charge in [-0.05, 0) is 20.3 Å². The number of carbonyl (C=O) groups is 1. The minimum absolute atomic E-state index is 0.0455.